The molecule has 1 heterocycles. The average molecular weight is 415 g/mol. The van der Waals surface area contributed by atoms with Crippen LogP contribution < -0.4 is 0 Å². The Kier molecular flexibility index (Phi) is 4.29. The van der Waals surface area contributed by atoms with Crippen LogP contribution in [0.1, 0.15) is 21.5 Å². The van der Waals surface area contributed by atoms with Gasteiger partial charge in [0.05, 0.1) is 23.9 Å². The second-order valence-electron chi connectivity index (χ2n) is 8.23. The van der Waals surface area contributed by atoms with Crippen molar-refractivity contribution in [1.82, 2.24) is 4.98 Å². The van der Waals surface area contributed by atoms with E-state index in [0.717, 1.165) is 40.7 Å². The first-order valence-electron chi connectivity index (χ1n) is 10.9. The molecule has 4 aromatic carbocycles. The van der Waals surface area contributed by atoms with E-state index in [2.05, 4.69) is 60.7 Å². The van der Waals surface area contributed by atoms with E-state index in [9.17, 15) is 4.79 Å². The Balaban J connectivity index is 1.64. The first kappa shape index (κ1) is 18.8. The lowest BCUT2D eigenvalue weighted by Gasteiger charge is -2.23. The molecule has 1 aliphatic rings. The van der Waals surface area contributed by atoms with Crippen LogP contribution in [0.5, 0.6) is 0 Å². The normalized spacial score (nSPS) is 12.4. The minimum absolute atomic E-state index is 0.327. The summed E-state index contributed by atoms with van der Waals surface area (Å²) in [5, 5.41) is 3.65. The molecule has 0 spiro atoms. The van der Waals surface area contributed by atoms with Gasteiger partial charge in [-0.05, 0) is 64.1 Å². The van der Waals surface area contributed by atoms with E-state index in [1.54, 1.807) is 0 Å². The molecule has 5 aromatic rings. The predicted octanol–water partition coefficient (Wildman–Crippen LogP) is 6.61. The third-order valence-electron chi connectivity index (χ3n) is 6.48. The van der Waals surface area contributed by atoms with Crippen LogP contribution in [0.25, 0.3) is 44.1 Å². The lowest BCUT2D eigenvalue weighted by molar-refractivity contribution is 0.0601. The highest BCUT2D eigenvalue weighted by atomic mass is 16.5. The summed E-state index contributed by atoms with van der Waals surface area (Å²) >= 11 is 0. The van der Waals surface area contributed by atoms with E-state index in [0.29, 0.717) is 5.56 Å². The fourth-order valence-corrected chi connectivity index (χ4v) is 4.96. The molecule has 6 rings (SSSR count). The Bertz CT molecular complexity index is 1530. The van der Waals surface area contributed by atoms with Gasteiger partial charge in [-0.15, -0.1) is 0 Å². The number of rotatable bonds is 2. The van der Waals surface area contributed by atoms with Crippen molar-refractivity contribution in [1.29, 1.82) is 0 Å². The monoisotopic (exact) mass is 415 g/mol. The van der Waals surface area contributed by atoms with Gasteiger partial charge >= 0.3 is 5.97 Å². The quantitative estimate of drug-likeness (QED) is 0.241. The highest BCUT2D eigenvalue weighted by Crippen LogP contribution is 2.42. The Hall–Kier alpha value is -3.98. The Labute approximate surface area is 186 Å². The van der Waals surface area contributed by atoms with E-state index < -0.39 is 0 Å². The molecule has 0 saturated carbocycles. The van der Waals surface area contributed by atoms with Crippen molar-refractivity contribution < 1.29 is 9.53 Å². The largest absolute Gasteiger partial charge is 0.465 e. The zero-order valence-corrected chi connectivity index (χ0v) is 17.8. The zero-order chi connectivity index (χ0) is 21.7. The molecule has 0 aliphatic heterocycles. The van der Waals surface area contributed by atoms with Gasteiger partial charge < -0.3 is 4.74 Å². The molecule has 1 aromatic heterocycles. The van der Waals surface area contributed by atoms with Gasteiger partial charge in [0.15, 0.2) is 0 Å². The topological polar surface area (TPSA) is 39.2 Å². The molecule has 154 valence electrons. The number of aryl methyl sites for hydroxylation is 2. The number of hydrogen-bond acceptors (Lipinski definition) is 3. The first-order valence-corrected chi connectivity index (χ1v) is 10.9. The molecule has 3 nitrogen and oxygen atoms in total. The molecule has 1 aliphatic carbocycles. The molecule has 0 N–H and O–H groups in total. The number of carbonyl (C=O) groups excluding carboxylic acids is 1. The van der Waals surface area contributed by atoms with Gasteiger partial charge in [-0.1, -0.05) is 66.7 Å². The Morgan fingerprint density at radius 1 is 0.781 bits per heavy atom. The SMILES string of the molecule is COC(=O)c1ccccc1-c1cccc2c1-c1nc3ccc4ccccc4c3cc1CC2. The second-order valence-corrected chi connectivity index (χ2v) is 8.23. The van der Waals surface area contributed by atoms with Gasteiger partial charge in [-0.3, -0.25) is 0 Å². The molecular formula is C29H21NO2. The molecule has 0 fully saturated rings. The van der Waals surface area contributed by atoms with Gasteiger partial charge in [-0.2, -0.15) is 0 Å². The number of benzene rings is 4. The maximum Gasteiger partial charge on any atom is 0.338 e. The van der Waals surface area contributed by atoms with Crippen molar-refractivity contribution in [2.24, 2.45) is 0 Å². The molecule has 0 saturated heterocycles. The van der Waals surface area contributed by atoms with Crippen LogP contribution >= 0.6 is 0 Å². The number of nitrogens with zero attached hydrogens (tertiary/aromatic N) is 1. The smallest absolute Gasteiger partial charge is 0.338 e. The number of esters is 1. The summed E-state index contributed by atoms with van der Waals surface area (Å²) in [6.07, 6.45) is 1.91. The third kappa shape index (κ3) is 2.82. The van der Waals surface area contributed by atoms with Gasteiger partial charge in [0.25, 0.3) is 0 Å². The number of methoxy groups -OCH3 is 1. The summed E-state index contributed by atoms with van der Waals surface area (Å²) in [7, 11) is 1.42. The van der Waals surface area contributed by atoms with Gasteiger partial charge in [0.1, 0.15) is 0 Å². The van der Waals surface area contributed by atoms with E-state index in [1.165, 1.54) is 34.4 Å². The van der Waals surface area contributed by atoms with Crippen LogP contribution in [-0.4, -0.2) is 18.1 Å². The number of ether oxygens (including phenoxy) is 1. The first-order chi connectivity index (χ1) is 15.7. The lowest BCUT2D eigenvalue weighted by atomic mass is 9.82. The van der Waals surface area contributed by atoms with Gasteiger partial charge in [-0.25, -0.2) is 9.78 Å². The summed E-state index contributed by atoms with van der Waals surface area (Å²) in [5.74, 6) is -0.327. The number of hydrogen-bond donors (Lipinski definition) is 0. The molecule has 0 unspecified atom stereocenters. The molecular weight excluding hydrogens is 394 g/mol. The van der Waals surface area contributed by atoms with Crippen LogP contribution in [0.3, 0.4) is 0 Å². The predicted molar refractivity (Wildman–Crippen MR) is 129 cm³/mol. The fourth-order valence-electron chi connectivity index (χ4n) is 4.96. The minimum Gasteiger partial charge on any atom is -0.465 e. The van der Waals surface area contributed by atoms with E-state index >= 15 is 0 Å². The number of aromatic nitrogens is 1. The van der Waals surface area contributed by atoms with Crippen LogP contribution in [0, 0.1) is 0 Å². The van der Waals surface area contributed by atoms with Crippen molar-refractivity contribution in [3.63, 3.8) is 0 Å². The van der Waals surface area contributed by atoms with E-state index in [-0.39, 0.29) is 5.97 Å². The van der Waals surface area contributed by atoms with Crippen molar-refractivity contribution >= 4 is 27.6 Å². The standard InChI is InChI=1S/C29H21NO2/c1-32-29(31)24-11-5-4-10-22(24)23-12-6-8-19-13-14-20-17-25-21-9-3-2-7-18(21)15-16-26(25)30-28(20)27(19)23/h2-12,15-17H,13-14H2,1H3. The average Bonchev–Trinajstić information content (AvgIpc) is 2.86. The van der Waals surface area contributed by atoms with Crippen LogP contribution in [0.2, 0.25) is 0 Å². The summed E-state index contributed by atoms with van der Waals surface area (Å²) < 4.78 is 5.06. The highest BCUT2D eigenvalue weighted by molar-refractivity contribution is 6.08. The summed E-state index contributed by atoms with van der Waals surface area (Å²) in [4.78, 5) is 17.7. The van der Waals surface area contributed by atoms with Crippen LogP contribution in [-0.2, 0) is 17.6 Å². The Morgan fingerprint density at radius 2 is 1.56 bits per heavy atom. The molecule has 0 amide bonds. The van der Waals surface area contributed by atoms with Gasteiger partial charge in [0.2, 0.25) is 0 Å². The maximum atomic E-state index is 12.5. The van der Waals surface area contributed by atoms with Gasteiger partial charge in [0, 0.05) is 10.9 Å². The molecule has 3 heteroatoms. The molecule has 0 atom stereocenters. The molecule has 32 heavy (non-hydrogen) atoms. The van der Waals surface area contributed by atoms with Crippen LogP contribution in [0.15, 0.2) is 84.9 Å². The summed E-state index contributed by atoms with van der Waals surface area (Å²) in [5.41, 5.74) is 8.13. The van der Waals surface area contributed by atoms with E-state index in [1.807, 2.05) is 24.3 Å². The fraction of sp³-hybridized carbons (Fsp3) is 0.103. The van der Waals surface area contributed by atoms with Crippen molar-refractivity contribution in [2.45, 2.75) is 12.8 Å². The lowest BCUT2D eigenvalue weighted by Crippen LogP contribution is -2.09. The van der Waals surface area contributed by atoms with Crippen LogP contribution in [0.4, 0.5) is 0 Å². The van der Waals surface area contributed by atoms with E-state index in [4.69, 9.17) is 9.72 Å². The zero-order valence-electron chi connectivity index (χ0n) is 17.8. The van der Waals surface area contributed by atoms with Crippen molar-refractivity contribution in [2.75, 3.05) is 7.11 Å². The summed E-state index contributed by atoms with van der Waals surface area (Å²) in [6.45, 7) is 0. The third-order valence-corrected chi connectivity index (χ3v) is 6.48. The second kappa shape index (κ2) is 7.31. The highest BCUT2D eigenvalue weighted by Gasteiger charge is 2.24. The Morgan fingerprint density at radius 3 is 2.47 bits per heavy atom. The molecule has 0 bridgehead atoms. The molecule has 0 radical (unpaired) electrons. The maximum absolute atomic E-state index is 12.5. The number of carbonyl (C=O) groups is 1. The number of pyridine rings is 1. The summed E-state index contributed by atoms with van der Waals surface area (Å²) in [6, 6.07) is 29.0. The van der Waals surface area contributed by atoms with Crippen molar-refractivity contribution in [3.05, 3.63) is 102 Å². The number of fused-ring (bicyclic) bond motifs is 6. The minimum atomic E-state index is -0.327. The van der Waals surface area contributed by atoms with Crippen molar-refractivity contribution in [3.8, 4) is 22.4 Å².